The van der Waals surface area contributed by atoms with Crippen LogP contribution >= 0.6 is 0 Å². The van der Waals surface area contributed by atoms with Crippen molar-refractivity contribution in [2.45, 2.75) is 44.6 Å². The molecule has 0 bridgehead atoms. The molecule has 4 nitrogen and oxygen atoms in total. The van der Waals surface area contributed by atoms with Crippen molar-refractivity contribution in [1.82, 2.24) is 10.4 Å². The molecule has 1 saturated carbocycles. The molecule has 1 aliphatic heterocycles. The molecule has 0 aromatic carbocycles. The highest BCUT2D eigenvalue weighted by Gasteiger charge is 2.44. The molecule has 1 spiro atoms. The van der Waals surface area contributed by atoms with Gasteiger partial charge in [-0.15, -0.1) is 0 Å². The lowest BCUT2D eigenvalue weighted by molar-refractivity contribution is -0.133. The minimum atomic E-state index is -0.00741. The number of ketones is 1. The molecule has 2 aliphatic rings. The molecule has 0 atom stereocenters. The number of carbonyl (C=O) groups excluding carboxylic acids is 2. The van der Waals surface area contributed by atoms with Crippen LogP contribution in [-0.4, -0.2) is 28.8 Å². The van der Waals surface area contributed by atoms with E-state index in [0.717, 1.165) is 12.8 Å². The second-order valence-electron chi connectivity index (χ2n) is 4.46. The summed E-state index contributed by atoms with van der Waals surface area (Å²) in [5.74, 6) is 0.1000. The number of rotatable bonds is 2. The Labute approximate surface area is 83.6 Å². The predicted molar refractivity (Wildman–Crippen MR) is 51.3 cm³/mol. The van der Waals surface area contributed by atoms with Gasteiger partial charge in [-0.05, 0) is 19.8 Å². The van der Waals surface area contributed by atoms with E-state index in [1.165, 1.54) is 24.8 Å². The summed E-state index contributed by atoms with van der Waals surface area (Å²) in [7, 11) is 0. The summed E-state index contributed by atoms with van der Waals surface area (Å²) in [5.41, 5.74) is 3.20. The maximum absolute atomic E-state index is 11.6. The van der Waals surface area contributed by atoms with Crippen LogP contribution in [0.3, 0.4) is 0 Å². The van der Waals surface area contributed by atoms with Gasteiger partial charge in [0.05, 0.1) is 6.54 Å². The number of amides is 1. The average Bonchev–Trinajstić information content (AvgIpc) is 2.61. The van der Waals surface area contributed by atoms with Gasteiger partial charge in [-0.1, -0.05) is 12.8 Å². The lowest BCUT2D eigenvalue weighted by Gasteiger charge is -2.24. The molecule has 0 unspecified atom stereocenters. The number of carbonyl (C=O) groups is 2. The fourth-order valence-electron chi connectivity index (χ4n) is 2.46. The quantitative estimate of drug-likeness (QED) is 0.704. The molecule has 0 aromatic rings. The summed E-state index contributed by atoms with van der Waals surface area (Å²) in [6, 6.07) is 0. The van der Waals surface area contributed by atoms with Crippen molar-refractivity contribution in [1.29, 1.82) is 0 Å². The van der Waals surface area contributed by atoms with E-state index in [1.54, 1.807) is 0 Å². The Hall–Kier alpha value is -0.900. The van der Waals surface area contributed by atoms with Crippen LogP contribution in [0.5, 0.6) is 0 Å². The van der Waals surface area contributed by atoms with Crippen molar-refractivity contribution >= 4 is 11.7 Å². The monoisotopic (exact) mass is 196 g/mol. The Balaban J connectivity index is 2.02. The first-order valence-electron chi connectivity index (χ1n) is 5.19. The summed E-state index contributed by atoms with van der Waals surface area (Å²) in [6.45, 7) is 1.72. The second-order valence-corrected chi connectivity index (χ2v) is 4.46. The zero-order valence-corrected chi connectivity index (χ0v) is 8.51. The number of nitrogens with one attached hydrogen (secondary N) is 1. The van der Waals surface area contributed by atoms with E-state index in [0.29, 0.717) is 6.42 Å². The van der Waals surface area contributed by atoms with Crippen molar-refractivity contribution in [3.05, 3.63) is 0 Å². The topological polar surface area (TPSA) is 49.4 Å². The summed E-state index contributed by atoms with van der Waals surface area (Å²) < 4.78 is 0. The van der Waals surface area contributed by atoms with E-state index in [2.05, 4.69) is 5.43 Å². The molecule has 78 valence electrons. The van der Waals surface area contributed by atoms with Crippen molar-refractivity contribution in [2.75, 3.05) is 6.54 Å². The zero-order chi connectivity index (χ0) is 10.2. The fourth-order valence-corrected chi connectivity index (χ4v) is 2.46. The van der Waals surface area contributed by atoms with Gasteiger partial charge in [0, 0.05) is 12.0 Å². The molecular weight excluding hydrogens is 180 g/mol. The Morgan fingerprint density at radius 2 is 2.14 bits per heavy atom. The van der Waals surface area contributed by atoms with Gasteiger partial charge in [-0.25, -0.2) is 5.43 Å². The summed E-state index contributed by atoms with van der Waals surface area (Å²) in [6.07, 6.45) is 5.07. The smallest absolute Gasteiger partial charge is 0.239 e. The molecule has 0 aromatic heterocycles. The van der Waals surface area contributed by atoms with E-state index in [-0.39, 0.29) is 23.8 Å². The molecule has 0 radical (unpaired) electrons. The van der Waals surface area contributed by atoms with Gasteiger partial charge in [0.2, 0.25) is 5.91 Å². The Morgan fingerprint density at radius 3 is 2.71 bits per heavy atom. The molecule has 2 rings (SSSR count). The third kappa shape index (κ3) is 1.66. The summed E-state index contributed by atoms with van der Waals surface area (Å²) in [5, 5.41) is 1.49. The third-order valence-electron chi connectivity index (χ3n) is 3.10. The van der Waals surface area contributed by atoms with Gasteiger partial charge >= 0.3 is 0 Å². The van der Waals surface area contributed by atoms with Crippen LogP contribution < -0.4 is 5.43 Å². The zero-order valence-electron chi connectivity index (χ0n) is 8.51. The van der Waals surface area contributed by atoms with E-state index < -0.39 is 0 Å². The average molecular weight is 196 g/mol. The molecule has 14 heavy (non-hydrogen) atoms. The van der Waals surface area contributed by atoms with E-state index in [4.69, 9.17) is 0 Å². The highest BCUT2D eigenvalue weighted by atomic mass is 16.2. The molecule has 1 saturated heterocycles. The first-order valence-corrected chi connectivity index (χ1v) is 5.19. The highest BCUT2D eigenvalue weighted by Crippen LogP contribution is 2.36. The van der Waals surface area contributed by atoms with Crippen LogP contribution in [0.2, 0.25) is 0 Å². The van der Waals surface area contributed by atoms with E-state index >= 15 is 0 Å². The van der Waals surface area contributed by atoms with Crippen LogP contribution in [-0.2, 0) is 9.59 Å². The number of Topliss-reactive ketones (excluding diaryl/α,β-unsaturated/α-hetero) is 1. The molecule has 2 fully saturated rings. The molecular formula is C10H16N2O2. The molecule has 4 heteroatoms. The molecule has 1 N–H and O–H groups in total. The number of hydrogen-bond donors (Lipinski definition) is 1. The number of hydrogen-bond acceptors (Lipinski definition) is 3. The number of nitrogens with zero attached hydrogens (tertiary/aromatic N) is 1. The van der Waals surface area contributed by atoms with Gasteiger partial charge in [-0.3, -0.25) is 14.6 Å². The maximum atomic E-state index is 11.6. The van der Waals surface area contributed by atoms with Crippen molar-refractivity contribution < 1.29 is 9.59 Å². The van der Waals surface area contributed by atoms with Crippen LogP contribution in [0.15, 0.2) is 0 Å². The van der Waals surface area contributed by atoms with Gasteiger partial charge < -0.3 is 0 Å². The van der Waals surface area contributed by atoms with Crippen LogP contribution in [0.25, 0.3) is 0 Å². The van der Waals surface area contributed by atoms with Crippen LogP contribution in [0.4, 0.5) is 0 Å². The minimum Gasteiger partial charge on any atom is -0.298 e. The van der Waals surface area contributed by atoms with Gasteiger partial charge in [0.1, 0.15) is 0 Å². The SMILES string of the molecule is CC(=O)CN1NC2(CCCC2)CC1=O. The molecule has 1 aliphatic carbocycles. The lowest BCUT2D eigenvalue weighted by atomic mass is 9.96. The van der Waals surface area contributed by atoms with Gasteiger partial charge in [-0.2, -0.15) is 0 Å². The molecule has 1 amide bonds. The summed E-state index contributed by atoms with van der Waals surface area (Å²) >= 11 is 0. The molecule has 1 heterocycles. The normalized spacial score (nSPS) is 24.9. The largest absolute Gasteiger partial charge is 0.298 e. The van der Waals surface area contributed by atoms with Gasteiger partial charge in [0.15, 0.2) is 5.78 Å². The van der Waals surface area contributed by atoms with Crippen molar-refractivity contribution in [2.24, 2.45) is 0 Å². The standard InChI is InChI=1S/C10H16N2O2/c1-8(13)7-12-9(14)6-10(11-12)4-2-3-5-10/h11H,2-7H2,1H3. The van der Waals surface area contributed by atoms with E-state index in [1.807, 2.05) is 0 Å². The van der Waals surface area contributed by atoms with Crippen molar-refractivity contribution in [3.63, 3.8) is 0 Å². The van der Waals surface area contributed by atoms with E-state index in [9.17, 15) is 9.59 Å². The van der Waals surface area contributed by atoms with Crippen molar-refractivity contribution in [3.8, 4) is 0 Å². The Bertz CT molecular complexity index is 269. The maximum Gasteiger partial charge on any atom is 0.239 e. The fraction of sp³-hybridized carbons (Fsp3) is 0.800. The first-order chi connectivity index (χ1) is 6.61. The first kappa shape index (κ1) is 9.65. The summed E-state index contributed by atoms with van der Waals surface area (Å²) in [4.78, 5) is 22.5. The number of hydrazine groups is 1. The van der Waals surface area contributed by atoms with Crippen LogP contribution in [0, 0.1) is 0 Å². The van der Waals surface area contributed by atoms with Gasteiger partial charge in [0.25, 0.3) is 0 Å². The Morgan fingerprint density at radius 1 is 1.50 bits per heavy atom. The minimum absolute atomic E-state index is 0.00741. The predicted octanol–water partition coefficient (Wildman–Crippen LogP) is 0.625. The van der Waals surface area contributed by atoms with Crippen LogP contribution in [0.1, 0.15) is 39.0 Å². The second kappa shape index (κ2) is 3.35. The third-order valence-corrected chi connectivity index (χ3v) is 3.10. The lowest BCUT2D eigenvalue weighted by Crippen LogP contribution is -2.46. The Kier molecular flexibility index (Phi) is 2.31. The highest BCUT2D eigenvalue weighted by molar-refractivity contribution is 5.86.